The lowest BCUT2D eigenvalue weighted by molar-refractivity contribution is -0.129. The Morgan fingerprint density at radius 1 is 1.50 bits per heavy atom. The fraction of sp³-hybridized carbons (Fsp3) is 0.500. The number of likely N-dealkylation sites (N-methyl/N-ethyl adjacent to an activating group) is 1. The van der Waals surface area contributed by atoms with Gasteiger partial charge in [-0.2, -0.15) is 0 Å². The number of nitrogens with zero attached hydrogens (tertiary/aromatic N) is 2. The molecule has 1 aromatic heterocycles. The predicted molar refractivity (Wildman–Crippen MR) is 81.7 cm³/mol. The van der Waals surface area contributed by atoms with Gasteiger partial charge in [0.1, 0.15) is 0 Å². The largest absolute Gasteiger partial charge is 0.333 e. The van der Waals surface area contributed by atoms with Crippen molar-refractivity contribution in [1.82, 2.24) is 9.88 Å². The van der Waals surface area contributed by atoms with E-state index in [0.717, 1.165) is 12.1 Å². The maximum Gasteiger partial charge on any atom is 0.246 e. The molecule has 6 heteroatoms. The molecule has 20 heavy (non-hydrogen) atoms. The molecular weight excluding hydrogens is 274 g/mol. The summed E-state index contributed by atoms with van der Waals surface area (Å²) in [7, 11) is 1.55. The van der Waals surface area contributed by atoms with Crippen molar-refractivity contribution >= 4 is 28.3 Å². The third-order valence-corrected chi connectivity index (χ3v) is 3.25. The zero-order valence-corrected chi connectivity index (χ0v) is 13.2. The van der Waals surface area contributed by atoms with E-state index in [0.29, 0.717) is 5.13 Å². The first kappa shape index (κ1) is 16.4. The van der Waals surface area contributed by atoms with Crippen LogP contribution >= 0.6 is 11.3 Å². The zero-order chi connectivity index (χ0) is 15.3. The van der Waals surface area contributed by atoms with Crippen LogP contribution in [0.4, 0.5) is 5.13 Å². The van der Waals surface area contributed by atoms with Crippen LogP contribution in [0, 0.1) is 5.41 Å². The van der Waals surface area contributed by atoms with Crippen molar-refractivity contribution in [3.05, 3.63) is 23.7 Å². The third-order valence-electron chi connectivity index (χ3n) is 2.44. The Kier molecular flexibility index (Phi) is 5.44. The molecule has 2 amide bonds. The second-order valence-electron chi connectivity index (χ2n) is 5.83. The molecule has 0 aliphatic heterocycles. The van der Waals surface area contributed by atoms with Crippen LogP contribution in [0.2, 0.25) is 0 Å². The van der Waals surface area contributed by atoms with E-state index >= 15 is 0 Å². The Bertz CT molecular complexity index is 503. The maximum atomic E-state index is 11.8. The lowest BCUT2D eigenvalue weighted by atomic mass is 9.91. The Hall–Kier alpha value is -1.69. The molecule has 0 radical (unpaired) electrons. The molecule has 0 unspecified atom stereocenters. The zero-order valence-electron chi connectivity index (χ0n) is 12.4. The molecule has 0 saturated heterocycles. The van der Waals surface area contributed by atoms with E-state index in [1.807, 2.05) is 5.38 Å². The van der Waals surface area contributed by atoms with Crippen molar-refractivity contribution in [2.45, 2.75) is 27.2 Å². The van der Waals surface area contributed by atoms with Gasteiger partial charge in [-0.15, -0.1) is 11.3 Å². The van der Waals surface area contributed by atoms with Crippen LogP contribution in [0.25, 0.3) is 0 Å². The topological polar surface area (TPSA) is 62.3 Å². The van der Waals surface area contributed by atoms with E-state index < -0.39 is 0 Å². The molecule has 0 bridgehead atoms. The Labute approximate surface area is 123 Å². The normalized spacial score (nSPS) is 11.0. The Morgan fingerprint density at radius 2 is 2.15 bits per heavy atom. The average Bonchev–Trinajstić information content (AvgIpc) is 2.72. The Morgan fingerprint density at radius 3 is 2.70 bits per heavy atom. The minimum Gasteiger partial charge on any atom is -0.333 e. The van der Waals surface area contributed by atoms with E-state index in [1.54, 1.807) is 7.05 Å². The number of hydrogen-bond donors (Lipinski definition) is 1. The van der Waals surface area contributed by atoms with Gasteiger partial charge in [0.2, 0.25) is 11.8 Å². The minimum absolute atomic E-state index is 0.0148. The molecule has 0 aliphatic rings. The molecule has 0 aliphatic carbocycles. The van der Waals surface area contributed by atoms with Gasteiger partial charge in [0.15, 0.2) is 5.13 Å². The summed E-state index contributed by atoms with van der Waals surface area (Å²) in [6.07, 6.45) is 2.03. The van der Waals surface area contributed by atoms with Crippen molar-refractivity contribution in [3.63, 3.8) is 0 Å². The third kappa shape index (κ3) is 5.52. The molecule has 0 aromatic carbocycles. The van der Waals surface area contributed by atoms with Crippen LogP contribution in [-0.4, -0.2) is 35.3 Å². The summed E-state index contributed by atoms with van der Waals surface area (Å²) in [5, 5.41) is 5.21. The van der Waals surface area contributed by atoms with Crippen molar-refractivity contribution in [1.29, 1.82) is 0 Å². The fourth-order valence-corrected chi connectivity index (χ4v) is 2.32. The highest BCUT2D eigenvalue weighted by atomic mass is 32.1. The number of hydrogen-bond acceptors (Lipinski definition) is 4. The fourth-order valence-electron chi connectivity index (χ4n) is 1.60. The van der Waals surface area contributed by atoms with Crippen LogP contribution in [0.1, 0.15) is 26.5 Å². The van der Waals surface area contributed by atoms with Gasteiger partial charge >= 0.3 is 0 Å². The highest BCUT2D eigenvalue weighted by Crippen LogP contribution is 2.23. The van der Waals surface area contributed by atoms with Gasteiger partial charge in [0, 0.05) is 12.4 Å². The van der Waals surface area contributed by atoms with Crippen LogP contribution in [0.3, 0.4) is 0 Å². The first-order valence-electron chi connectivity index (χ1n) is 6.33. The van der Waals surface area contributed by atoms with Crippen molar-refractivity contribution in [2.75, 3.05) is 18.9 Å². The van der Waals surface area contributed by atoms with Gasteiger partial charge in [-0.25, -0.2) is 4.98 Å². The molecule has 110 valence electrons. The average molecular weight is 295 g/mol. The van der Waals surface area contributed by atoms with E-state index in [-0.39, 0.29) is 23.8 Å². The van der Waals surface area contributed by atoms with Crippen LogP contribution in [0.5, 0.6) is 0 Å². The predicted octanol–water partition coefficient (Wildman–Crippen LogP) is 2.31. The maximum absolute atomic E-state index is 11.8. The summed E-state index contributed by atoms with van der Waals surface area (Å²) in [5.41, 5.74) is 1.12. The monoisotopic (exact) mass is 295 g/mol. The van der Waals surface area contributed by atoms with Crippen LogP contribution < -0.4 is 5.32 Å². The van der Waals surface area contributed by atoms with Gasteiger partial charge in [0.05, 0.1) is 12.2 Å². The molecule has 1 N–H and O–H groups in total. The van der Waals surface area contributed by atoms with Crippen molar-refractivity contribution < 1.29 is 9.59 Å². The van der Waals surface area contributed by atoms with Gasteiger partial charge in [-0.1, -0.05) is 27.4 Å². The molecule has 5 nitrogen and oxygen atoms in total. The molecular formula is C14H21N3O2S. The number of rotatable bonds is 5. The first-order chi connectivity index (χ1) is 9.21. The summed E-state index contributed by atoms with van der Waals surface area (Å²) < 4.78 is 0. The highest BCUT2D eigenvalue weighted by Gasteiger charge is 2.15. The molecule has 1 rings (SSSR count). The van der Waals surface area contributed by atoms with E-state index in [9.17, 15) is 9.59 Å². The van der Waals surface area contributed by atoms with Gasteiger partial charge in [-0.05, 0) is 17.9 Å². The number of anilines is 1. The molecule has 0 atom stereocenters. The summed E-state index contributed by atoms with van der Waals surface area (Å²) in [6, 6.07) is 0. The number of amides is 2. The summed E-state index contributed by atoms with van der Waals surface area (Å²) >= 11 is 1.39. The first-order valence-corrected chi connectivity index (χ1v) is 7.21. The van der Waals surface area contributed by atoms with E-state index in [2.05, 4.69) is 37.7 Å². The van der Waals surface area contributed by atoms with Crippen molar-refractivity contribution in [3.8, 4) is 0 Å². The van der Waals surface area contributed by atoms with E-state index in [4.69, 9.17) is 0 Å². The Balaban J connectivity index is 2.55. The second-order valence-corrected chi connectivity index (χ2v) is 6.69. The number of carbonyl (C=O) groups is 2. The van der Waals surface area contributed by atoms with Crippen molar-refractivity contribution in [2.24, 2.45) is 5.41 Å². The van der Waals surface area contributed by atoms with Crippen LogP contribution in [-0.2, 0) is 16.0 Å². The number of carbonyl (C=O) groups excluding carboxylic acids is 2. The molecule has 0 fully saturated rings. The SMILES string of the molecule is C=CC(=O)N(C)CC(=O)Nc1nc(CC(C)(C)C)cs1. The summed E-state index contributed by atoms with van der Waals surface area (Å²) in [4.78, 5) is 28.7. The second kappa shape index (κ2) is 6.65. The summed E-state index contributed by atoms with van der Waals surface area (Å²) in [6.45, 7) is 9.78. The summed E-state index contributed by atoms with van der Waals surface area (Å²) in [5.74, 6) is -0.549. The number of aromatic nitrogens is 1. The number of thiazole rings is 1. The quantitative estimate of drug-likeness (QED) is 0.848. The van der Waals surface area contributed by atoms with E-state index in [1.165, 1.54) is 22.3 Å². The van der Waals surface area contributed by atoms with Gasteiger partial charge in [-0.3, -0.25) is 9.59 Å². The van der Waals surface area contributed by atoms with Gasteiger partial charge in [0.25, 0.3) is 0 Å². The molecule has 1 aromatic rings. The smallest absolute Gasteiger partial charge is 0.246 e. The number of nitrogens with one attached hydrogen (secondary N) is 1. The minimum atomic E-state index is -0.285. The molecule has 0 saturated carbocycles. The lowest BCUT2D eigenvalue weighted by Crippen LogP contribution is -2.33. The lowest BCUT2D eigenvalue weighted by Gasteiger charge is -2.15. The highest BCUT2D eigenvalue weighted by molar-refractivity contribution is 7.13. The molecule has 0 spiro atoms. The standard InChI is InChI=1S/C14H21N3O2S/c1-6-12(19)17(5)8-11(18)16-13-15-10(9-20-13)7-14(2,3)4/h6,9H,1,7-8H2,2-5H3,(H,15,16,18). The van der Waals surface area contributed by atoms with Gasteiger partial charge < -0.3 is 10.2 Å². The van der Waals surface area contributed by atoms with Crippen LogP contribution in [0.15, 0.2) is 18.0 Å². The molecule has 1 heterocycles.